The van der Waals surface area contributed by atoms with E-state index in [1.807, 2.05) is 24.3 Å². The summed E-state index contributed by atoms with van der Waals surface area (Å²) < 4.78 is 26.5. The molecule has 0 fully saturated rings. The van der Waals surface area contributed by atoms with Crippen LogP contribution in [0.1, 0.15) is 5.56 Å². The summed E-state index contributed by atoms with van der Waals surface area (Å²) >= 11 is 11.8. The number of nitrogens with zero attached hydrogens (tertiary/aromatic N) is 2. The predicted octanol–water partition coefficient (Wildman–Crippen LogP) is 3.92. The van der Waals surface area contributed by atoms with Crippen LogP contribution in [-0.4, -0.2) is 38.4 Å². The lowest BCUT2D eigenvalue weighted by molar-refractivity contribution is -0.121. The van der Waals surface area contributed by atoms with Crippen molar-refractivity contribution in [2.24, 2.45) is 5.10 Å². The van der Waals surface area contributed by atoms with Crippen LogP contribution < -0.4 is 5.43 Å². The Labute approximate surface area is 178 Å². The van der Waals surface area contributed by atoms with E-state index in [0.717, 1.165) is 15.1 Å². The number of fused-ring (bicyclic) bond motifs is 1. The first-order valence-corrected chi connectivity index (χ1v) is 10.7. The van der Waals surface area contributed by atoms with Crippen LogP contribution in [0.5, 0.6) is 0 Å². The van der Waals surface area contributed by atoms with E-state index in [9.17, 15) is 13.2 Å². The second-order valence-electron chi connectivity index (χ2n) is 6.24. The van der Waals surface area contributed by atoms with Gasteiger partial charge in [-0.15, -0.1) is 0 Å². The maximum atomic E-state index is 12.8. The molecule has 0 radical (unpaired) electrons. The van der Waals surface area contributed by atoms with Crippen LogP contribution >= 0.6 is 23.2 Å². The Morgan fingerprint density at radius 3 is 2.48 bits per heavy atom. The quantitative estimate of drug-likeness (QED) is 0.457. The number of carbonyl (C=O) groups excluding carboxylic acids is 1. The topological polar surface area (TPSA) is 78.8 Å². The molecule has 1 N–H and O–H groups in total. The van der Waals surface area contributed by atoms with Gasteiger partial charge in [-0.2, -0.15) is 9.41 Å². The van der Waals surface area contributed by atoms with E-state index in [2.05, 4.69) is 10.5 Å². The molecule has 0 atom stereocenters. The second kappa shape index (κ2) is 8.92. The van der Waals surface area contributed by atoms with Gasteiger partial charge in [0.15, 0.2) is 0 Å². The van der Waals surface area contributed by atoms with Crippen LogP contribution in [0.15, 0.2) is 70.7 Å². The minimum Gasteiger partial charge on any atom is -0.272 e. The molecule has 0 saturated heterocycles. The number of hydrogen-bond donors (Lipinski definition) is 1. The maximum Gasteiger partial charge on any atom is 0.255 e. The molecule has 0 aliphatic carbocycles. The number of carbonyl (C=O) groups is 1. The molecule has 0 heterocycles. The average molecular weight is 450 g/mol. The molecule has 3 rings (SSSR count). The fraction of sp³-hybridized carbons (Fsp3) is 0.100. The molecule has 0 unspecified atom stereocenters. The van der Waals surface area contributed by atoms with Crippen LogP contribution in [0.2, 0.25) is 10.0 Å². The molecule has 6 nitrogen and oxygen atoms in total. The molecule has 0 saturated carbocycles. The first-order valence-electron chi connectivity index (χ1n) is 8.49. The number of amides is 1. The summed E-state index contributed by atoms with van der Waals surface area (Å²) in [5.41, 5.74) is 2.93. The van der Waals surface area contributed by atoms with Crippen molar-refractivity contribution in [2.45, 2.75) is 4.90 Å². The Kier molecular flexibility index (Phi) is 6.54. The predicted molar refractivity (Wildman–Crippen MR) is 116 cm³/mol. The standard InChI is InChI=1S/C20H17Cl2N3O3S/c1-25(13-20(26)24-23-12-14-6-9-18(21)19(22)10-14)29(27,28)17-8-7-15-4-2-3-5-16(15)11-17/h2-12H,13H2,1H3,(H,24,26)/b23-12-. The van der Waals surface area contributed by atoms with E-state index < -0.39 is 15.9 Å². The fourth-order valence-electron chi connectivity index (χ4n) is 2.60. The van der Waals surface area contributed by atoms with E-state index in [1.54, 1.807) is 30.3 Å². The van der Waals surface area contributed by atoms with Crippen LogP contribution in [0, 0.1) is 0 Å². The molecule has 9 heteroatoms. The highest BCUT2D eigenvalue weighted by molar-refractivity contribution is 7.89. The van der Waals surface area contributed by atoms with Crippen LogP contribution in [0.3, 0.4) is 0 Å². The molecule has 0 aromatic heterocycles. The molecular weight excluding hydrogens is 433 g/mol. The Bertz CT molecular complexity index is 1200. The fourth-order valence-corrected chi connectivity index (χ4v) is 4.07. The molecule has 0 aliphatic heterocycles. The van der Waals surface area contributed by atoms with Crippen molar-refractivity contribution in [3.8, 4) is 0 Å². The lowest BCUT2D eigenvalue weighted by Crippen LogP contribution is -2.36. The lowest BCUT2D eigenvalue weighted by atomic mass is 10.1. The van der Waals surface area contributed by atoms with Gasteiger partial charge < -0.3 is 0 Å². The highest BCUT2D eigenvalue weighted by atomic mass is 35.5. The minimum absolute atomic E-state index is 0.116. The van der Waals surface area contributed by atoms with Crippen molar-refractivity contribution >= 4 is 56.1 Å². The summed E-state index contributed by atoms with van der Waals surface area (Å²) in [7, 11) is -2.48. The number of benzene rings is 3. The van der Waals surface area contributed by atoms with Gasteiger partial charge in [-0.3, -0.25) is 4.79 Å². The van der Waals surface area contributed by atoms with E-state index >= 15 is 0 Å². The Morgan fingerprint density at radius 2 is 1.76 bits per heavy atom. The number of hydrogen-bond acceptors (Lipinski definition) is 4. The third-order valence-corrected chi connectivity index (χ3v) is 6.68. The highest BCUT2D eigenvalue weighted by Gasteiger charge is 2.23. The van der Waals surface area contributed by atoms with Gasteiger partial charge in [0, 0.05) is 7.05 Å². The number of nitrogens with one attached hydrogen (secondary N) is 1. The lowest BCUT2D eigenvalue weighted by Gasteiger charge is -2.16. The van der Waals surface area contributed by atoms with Gasteiger partial charge in [0.25, 0.3) is 5.91 Å². The molecule has 29 heavy (non-hydrogen) atoms. The van der Waals surface area contributed by atoms with Gasteiger partial charge in [0.2, 0.25) is 10.0 Å². The molecule has 150 valence electrons. The first-order chi connectivity index (χ1) is 13.8. The van der Waals surface area contributed by atoms with Gasteiger partial charge in [0.1, 0.15) is 0 Å². The zero-order valence-electron chi connectivity index (χ0n) is 15.3. The van der Waals surface area contributed by atoms with Crippen LogP contribution in [0.25, 0.3) is 10.8 Å². The molecule has 3 aromatic carbocycles. The molecule has 0 spiro atoms. The smallest absolute Gasteiger partial charge is 0.255 e. The van der Waals surface area contributed by atoms with Crippen molar-refractivity contribution in [2.75, 3.05) is 13.6 Å². The SMILES string of the molecule is CN(CC(=O)N/N=C\c1ccc(Cl)c(Cl)c1)S(=O)(=O)c1ccc2ccccc2c1. The summed E-state index contributed by atoms with van der Waals surface area (Å²) in [5, 5.41) is 6.33. The number of halogens is 2. The normalized spacial score (nSPS) is 12.0. The van der Waals surface area contributed by atoms with Gasteiger partial charge >= 0.3 is 0 Å². The molecule has 0 aliphatic rings. The third-order valence-electron chi connectivity index (χ3n) is 4.14. The van der Waals surface area contributed by atoms with E-state index in [0.29, 0.717) is 15.6 Å². The largest absolute Gasteiger partial charge is 0.272 e. The van der Waals surface area contributed by atoms with E-state index in [4.69, 9.17) is 23.2 Å². The average Bonchev–Trinajstić information content (AvgIpc) is 2.70. The van der Waals surface area contributed by atoms with Gasteiger partial charge in [-0.25, -0.2) is 13.8 Å². The summed E-state index contributed by atoms with van der Waals surface area (Å²) in [6, 6.07) is 17.2. The Balaban J connectivity index is 1.65. The molecule has 3 aromatic rings. The second-order valence-corrected chi connectivity index (χ2v) is 9.10. The van der Waals surface area contributed by atoms with Crippen molar-refractivity contribution in [1.82, 2.24) is 9.73 Å². The molecule has 0 bridgehead atoms. The highest BCUT2D eigenvalue weighted by Crippen LogP contribution is 2.22. The van der Waals surface area contributed by atoms with Crippen molar-refractivity contribution < 1.29 is 13.2 Å². The van der Waals surface area contributed by atoms with Crippen molar-refractivity contribution in [3.05, 3.63) is 76.3 Å². The summed E-state index contributed by atoms with van der Waals surface area (Å²) in [4.78, 5) is 12.2. The number of hydrazone groups is 1. The van der Waals surface area contributed by atoms with Crippen molar-refractivity contribution in [3.63, 3.8) is 0 Å². The maximum absolute atomic E-state index is 12.8. The van der Waals surface area contributed by atoms with Gasteiger partial charge in [0.05, 0.1) is 27.7 Å². The minimum atomic E-state index is -3.82. The van der Waals surface area contributed by atoms with E-state index in [-0.39, 0.29) is 11.4 Å². The number of rotatable bonds is 6. The van der Waals surface area contributed by atoms with Crippen LogP contribution in [-0.2, 0) is 14.8 Å². The monoisotopic (exact) mass is 449 g/mol. The number of likely N-dealkylation sites (N-methyl/N-ethyl adjacent to an activating group) is 1. The van der Waals surface area contributed by atoms with Crippen molar-refractivity contribution in [1.29, 1.82) is 0 Å². The first kappa shape index (κ1) is 21.3. The van der Waals surface area contributed by atoms with E-state index in [1.165, 1.54) is 19.3 Å². The summed E-state index contributed by atoms with van der Waals surface area (Å²) in [5.74, 6) is -0.576. The molecule has 1 amide bonds. The summed E-state index contributed by atoms with van der Waals surface area (Å²) in [6.07, 6.45) is 1.39. The van der Waals surface area contributed by atoms with Crippen LogP contribution in [0.4, 0.5) is 0 Å². The van der Waals surface area contributed by atoms with Gasteiger partial charge in [-0.1, -0.05) is 59.6 Å². The third kappa shape index (κ3) is 5.13. The zero-order chi connectivity index (χ0) is 21.0. The molecular formula is C20H17Cl2N3O3S. The van der Waals surface area contributed by atoms with Gasteiger partial charge in [-0.05, 0) is 40.6 Å². The zero-order valence-corrected chi connectivity index (χ0v) is 17.7. The Hall–Kier alpha value is -2.45. The summed E-state index contributed by atoms with van der Waals surface area (Å²) in [6.45, 7) is -0.381. The Morgan fingerprint density at radius 1 is 1.03 bits per heavy atom. The number of sulfonamides is 1.